The van der Waals surface area contributed by atoms with Gasteiger partial charge in [-0.15, -0.1) is 0 Å². The van der Waals surface area contributed by atoms with Crippen LogP contribution >= 0.6 is 0 Å². The fraction of sp³-hybridized carbons (Fsp3) is 0.476. The highest BCUT2D eigenvalue weighted by atomic mass is 16.7. The molecular weight excluding hydrogens is 444 g/mol. The van der Waals surface area contributed by atoms with Gasteiger partial charge >= 0.3 is 17.9 Å². The maximum atomic E-state index is 12.0. The molecule has 0 spiro atoms. The molecule has 0 amide bonds. The van der Waals surface area contributed by atoms with Crippen LogP contribution in [0, 0.1) is 0 Å². The van der Waals surface area contributed by atoms with E-state index in [0.717, 1.165) is 6.08 Å². The Morgan fingerprint density at radius 1 is 1.00 bits per heavy atom. The summed E-state index contributed by atoms with van der Waals surface area (Å²) in [7, 11) is 0. The lowest BCUT2D eigenvalue weighted by atomic mass is 9.95. The summed E-state index contributed by atoms with van der Waals surface area (Å²) in [5.41, 5.74) is -1.21. The third kappa shape index (κ3) is 7.80. The second-order valence-corrected chi connectivity index (χ2v) is 7.78. The van der Waals surface area contributed by atoms with Gasteiger partial charge in [-0.3, -0.25) is 9.59 Å². The van der Waals surface area contributed by atoms with E-state index >= 15 is 0 Å². The molecule has 0 radical (unpaired) electrons. The number of carboxylic acids is 2. The smallest absolute Gasteiger partial charge is 0.330 e. The van der Waals surface area contributed by atoms with Crippen LogP contribution in [0.1, 0.15) is 25.3 Å². The van der Waals surface area contributed by atoms with E-state index in [1.165, 1.54) is 25.1 Å². The van der Waals surface area contributed by atoms with Crippen molar-refractivity contribution in [3.8, 4) is 5.75 Å². The lowest BCUT2D eigenvalue weighted by Crippen LogP contribution is -2.61. The van der Waals surface area contributed by atoms with Gasteiger partial charge in [0.25, 0.3) is 0 Å². The van der Waals surface area contributed by atoms with Crippen molar-refractivity contribution in [3.63, 3.8) is 0 Å². The third-order valence-corrected chi connectivity index (χ3v) is 4.81. The monoisotopic (exact) mass is 470 g/mol. The molecule has 1 fully saturated rings. The highest BCUT2D eigenvalue weighted by molar-refractivity contribution is 5.87. The van der Waals surface area contributed by atoms with Crippen LogP contribution in [0.4, 0.5) is 0 Å². The molecule has 0 aromatic heterocycles. The molecule has 1 heterocycles. The highest BCUT2D eigenvalue weighted by Gasteiger charge is 2.47. The molecule has 0 unspecified atom stereocenters. The van der Waals surface area contributed by atoms with Crippen LogP contribution in [0.25, 0.3) is 6.08 Å². The zero-order valence-electron chi connectivity index (χ0n) is 17.6. The molecule has 2 rings (SSSR count). The van der Waals surface area contributed by atoms with Gasteiger partial charge in [-0.1, -0.05) is 12.1 Å². The SMILES string of the molecule is CC(CC(=O)O)(CC(=O)O)O[C@@H]1O[C@H](COC(=O)C=Cc2ccc(O)cc2)[C@@H](O)[C@H](O)[C@H]1O. The number of benzene rings is 1. The predicted molar refractivity (Wildman–Crippen MR) is 109 cm³/mol. The fourth-order valence-electron chi connectivity index (χ4n) is 3.18. The number of esters is 1. The zero-order chi connectivity index (χ0) is 24.8. The number of carbonyl (C=O) groups excluding carboxylic acids is 1. The van der Waals surface area contributed by atoms with E-state index in [0.29, 0.717) is 5.56 Å². The number of aliphatic carboxylic acids is 2. The lowest BCUT2D eigenvalue weighted by molar-refractivity contribution is -0.325. The van der Waals surface area contributed by atoms with Crippen molar-refractivity contribution >= 4 is 24.0 Å². The summed E-state index contributed by atoms with van der Waals surface area (Å²) in [6.45, 7) is 0.629. The largest absolute Gasteiger partial charge is 0.508 e. The van der Waals surface area contributed by atoms with E-state index in [9.17, 15) is 34.8 Å². The van der Waals surface area contributed by atoms with Gasteiger partial charge in [0.05, 0.1) is 18.4 Å². The van der Waals surface area contributed by atoms with Crippen LogP contribution in [-0.4, -0.2) is 91.5 Å². The van der Waals surface area contributed by atoms with Gasteiger partial charge in [-0.25, -0.2) is 4.79 Å². The standard InChI is InChI=1S/C21H26O12/c1-21(8-14(23)24,9-15(25)26)33-20-19(30)18(29)17(28)13(32-20)10-31-16(27)7-4-11-2-5-12(22)6-3-11/h2-7,13,17-20,22,28-30H,8-10H2,1H3,(H,23,24)(H,25,26)/t13-,17-,18+,19-,20+/m1/s1. The van der Waals surface area contributed by atoms with Crippen LogP contribution in [-0.2, 0) is 28.6 Å². The number of carboxylic acid groups (broad SMARTS) is 2. The molecule has 6 N–H and O–H groups in total. The van der Waals surface area contributed by atoms with Gasteiger partial charge in [0.1, 0.15) is 36.8 Å². The van der Waals surface area contributed by atoms with Gasteiger partial charge in [0.2, 0.25) is 0 Å². The molecule has 12 heteroatoms. The molecule has 1 saturated heterocycles. The van der Waals surface area contributed by atoms with Crippen molar-refractivity contribution < 1.29 is 59.2 Å². The molecule has 0 bridgehead atoms. The lowest BCUT2D eigenvalue weighted by Gasteiger charge is -2.43. The predicted octanol–water partition coefficient (Wildman–Crippen LogP) is -0.519. The van der Waals surface area contributed by atoms with Crippen LogP contribution in [0.3, 0.4) is 0 Å². The number of aliphatic hydroxyl groups is 3. The van der Waals surface area contributed by atoms with E-state index in [1.54, 1.807) is 12.1 Å². The minimum absolute atomic E-state index is 0.0542. The number of phenolic OH excluding ortho intramolecular Hbond substituents is 1. The molecule has 182 valence electrons. The summed E-state index contributed by atoms with van der Waals surface area (Å²) in [6, 6.07) is 5.95. The first-order valence-corrected chi connectivity index (χ1v) is 9.85. The average molecular weight is 470 g/mol. The van der Waals surface area contributed by atoms with Crippen LogP contribution in [0.15, 0.2) is 30.3 Å². The van der Waals surface area contributed by atoms with Gasteiger partial charge < -0.3 is 44.8 Å². The first-order chi connectivity index (χ1) is 15.4. The van der Waals surface area contributed by atoms with Crippen LogP contribution in [0.5, 0.6) is 5.75 Å². The molecule has 1 aliphatic heterocycles. The number of rotatable bonds is 10. The number of ether oxygens (including phenoxy) is 3. The van der Waals surface area contributed by atoms with E-state index in [2.05, 4.69) is 0 Å². The molecule has 33 heavy (non-hydrogen) atoms. The summed E-state index contributed by atoms with van der Waals surface area (Å²) in [4.78, 5) is 34.2. The van der Waals surface area contributed by atoms with Crippen molar-refractivity contribution in [2.45, 2.75) is 56.1 Å². The van der Waals surface area contributed by atoms with Crippen molar-refractivity contribution in [2.75, 3.05) is 6.61 Å². The van der Waals surface area contributed by atoms with Crippen molar-refractivity contribution in [2.24, 2.45) is 0 Å². The minimum atomic E-state index is -1.83. The topological polar surface area (TPSA) is 200 Å². The summed E-state index contributed by atoms with van der Waals surface area (Å²) in [5, 5.41) is 57.8. The molecule has 0 saturated carbocycles. The minimum Gasteiger partial charge on any atom is -0.508 e. The number of aromatic hydroxyl groups is 1. The van der Waals surface area contributed by atoms with E-state index < -0.39 is 73.7 Å². The Kier molecular flexibility index (Phi) is 8.91. The van der Waals surface area contributed by atoms with Gasteiger partial charge in [-0.2, -0.15) is 0 Å². The number of hydrogen-bond acceptors (Lipinski definition) is 10. The summed E-state index contributed by atoms with van der Waals surface area (Å²) in [6.07, 6.45) is -7.38. The third-order valence-electron chi connectivity index (χ3n) is 4.81. The Morgan fingerprint density at radius 3 is 2.12 bits per heavy atom. The Balaban J connectivity index is 2.03. The van der Waals surface area contributed by atoms with E-state index in [-0.39, 0.29) is 5.75 Å². The van der Waals surface area contributed by atoms with Gasteiger partial charge in [0.15, 0.2) is 6.29 Å². The Morgan fingerprint density at radius 2 is 1.58 bits per heavy atom. The normalized spacial score (nSPS) is 25.6. The van der Waals surface area contributed by atoms with E-state index in [1.807, 2.05) is 0 Å². The average Bonchev–Trinajstić information content (AvgIpc) is 2.71. The zero-order valence-corrected chi connectivity index (χ0v) is 17.6. The van der Waals surface area contributed by atoms with Crippen LogP contribution < -0.4 is 0 Å². The number of carbonyl (C=O) groups is 3. The molecule has 1 aromatic rings. The second-order valence-electron chi connectivity index (χ2n) is 7.78. The summed E-state index contributed by atoms with van der Waals surface area (Å²) >= 11 is 0. The maximum Gasteiger partial charge on any atom is 0.330 e. The van der Waals surface area contributed by atoms with Crippen molar-refractivity contribution in [1.82, 2.24) is 0 Å². The van der Waals surface area contributed by atoms with Crippen LogP contribution in [0.2, 0.25) is 0 Å². The van der Waals surface area contributed by atoms with Gasteiger partial charge in [-0.05, 0) is 30.7 Å². The molecule has 0 aliphatic carbocycles. The summed E-state index contributed by atoms with van der Waals surface area (Å²) < 4.78 is 15.8. The Bertz CT molecular complexity index is 849. The number of aliphatic hydroxyl groups excluding tert-OH is 3. The Hall–Kier alpha value is -3.03. The number of phenols is 1. The first-order valence-electron chi connectivity index (χ1n) is 9.85. The molecule has 1 aromatic carbocycles. The van der Waals surface area contributed by atoms with Gasteiger partial charge in [0, 0.05) is 6.08 Å². The molecular formula is C21H26O12. The Labute approximate surface area is 188 Å². The second kappa shape index (κ2) is 11.2. The fourth-order valence-corrected chi connectivity index (χ4v) is 3.18. The maximum absolute atomic E-state index is 12.0. The van der Waals surface area contributed by atoms with E-state index in [4.69, 9.17) is 24.4 Å². The van der Waals surface area contributed by atoms with Crippen molar-refractivity contribution in [3.05, 3.63) is 35.9 Å². The molecule has 5 atom stereocenters. The number of hydrogen-bond donors (Lipinski definition) is 6. The van der Waals surface area contributed by atoms with Crippen molar-refractivity contribution in [1.29, 1.82) is 0 Å². The molecule has 12 nitrogen and oxygen atoms in total. The molecule has 1 aliphatic rings. The highest BCUT2D eigenvalue weighted by Crippen LogP contribution is 2.29. The first kappa shape index (κ1) is 26.2. The summed E-state index contributed by atoms with van der Waals surface area (Å²) in [5.74, 6) is -3.50. The quantitative estimate of drug-likeness (QED) is 0.189.